The third kappa shape index (κ3) is 3.58. The van der Waals surface area contributed by atoms with Crippen molar-refractivity contribution in [3.05, 3.63) is 53.6 Å². The van der Waals surface area contributed by atoms with E-state index in [-0.39, 0.29) is 0 Å². The summed E-state index contributed by atoms with van der Waals surface area (Å²) in [6, 6.07) is 15.1. The fraction of sp³-hybridized carbons (Fsp3) is 0.167. The van der Waals surface area contributed by atoms with Crippen LogP contribution in [0, 0.1) is 11.3 Å². The lowest BCUT2D eigenvalue weighted by Gasteiger charge is -2.08. The summed E-state index contributed by atoms with van der Waals surface area (Å²) in [5.74, 6) is 2.02. The van der Waals surface area contributed by atoms with Crippen LogP contribution >= 0.6 is 0 Å². The number of allylic oxidation sites excluding steroid dienone is 1. The van der Waals surface area contributed by atoms with Crippen molar-refractivity contribution < 1.29 is 14.2 Å². The third-order valence-electron chi connectivity index (χ3n) is 3.19. The largest absolute Gasteiger partial charge is 0.497 e. The SMILES string of the molecule is COc1cccc(C=C(C#N)c2cc(OC)cc(OC)c2)c1. The molecular formula is C18H17NO3. The summed E-state index contributed by atoms with van der Waals surface area (Å²) in [7, 11) is 4.77. The Morgan fingerprint density at radius 1 is 0.909 bits per heavy atom. The van der Waals surface area contributed by atoms with Gasteiger partial charge in [0.1, 0.15) is 17.2 Å². The van der Waals surface area contributed by atoms with Gasteiger partial charge in [0.15, 0.2) is 0 Å². The van der Waals surface area contributed by atoms with Crippen molar-refractivity contribution in [1.82, 2.24) is 0 Å². The van der Waals surface area contributed by atoms with Crippen LogP contribution in [0.4, 0.5) is 0 Å². The van der Waals surface area contributed by atoms with Crippen LogP contribution in [-0.4, -0.2) is 21.3 Å². The van der Waals surface area contributed by atoms with Crippen molar-refractivity contribution in [1.29, 1.82) is 5.26 Å². The topological polar surface area (TPSA) is 51.5 Å². The molecule has 4 heteroatoms. The summed E-state index contributed by atoms with van der Waals surface area (Å²) >= 11 is 0. The molecule has 0 N–H and O–H groups in total. The van der Waals surface area contributed by atoms with Crippen LogP contribution in [0.2, 0.25) is 0 Å². The molecule has 2 aromatic rings. The molecule has 2 rings (SSSR count). The van der Waals surface area contributed by atoms with Crippen LogP contribution < -0.4 is 14.2 Å². The van der Waals surface area contributed by atoms with E-state index in [9.17, 15) is 5.26 Å². The highest BCUT2D eigenvalue weighted by molar-refractivity contribution is 5.90. The van der Waals surface area contributed by atoms with Crippen molar-refractivity contribution in [3.63, 3.8) is 0 Å². The Bertz CT molecular complexity index is 707. The van der Waals surface area contributed by atoms with Gasteiger partial charge in [0.05, 0.1) is 33.0 Å². The Morgan fingerprint density at radius 2 is 1.55 bits per heavy atom. The van der Waals surface area contributed by atoms with E-state index in [4.69, 9.17) is 14.2 Å². The van der Waals surface area contributed by atoms with E-state index >= 15 is 0 Å². The molecule has 0 radical (unpaired) electrons. The number of nitrogens with zero attached hydrogens (tertiary/aromatic N) is 1. The van der Waals surface area contributed by atoms with Gasteiger partial charge in [0, 0.05) is 6.07 Å². The first-order valence-corrected chi connectivity index (χ1v) is 6.69. The van der Waals surface area contributed by atoms with Gasteiger partial charge in [-0.1, -0.05) is 12.1 Å². The highest BCUT2D eigenvalue weighted by Gasteiger charge is 2.07. The minimum absolute atomic E-state index is 0.519. The van der Waals surface area contributed by atoms with E-state index in [1.807, 2.05) is 24.3 Å². The summed E-state index contributed by atoms with van der Waals surface area (Å²) in [5.41, 5.74) is 2.14. The van der Waals surface area contributed by atoms with E-state index < -0.39 is 0 Å². The number of hydrogen-bond acceptors (Lipinski definition) is 4. The van der Waals surface area contributed by atoms with Crippen LogP contribution in [0.25, 0.3) is 11.6 Å². The minimum atomic E-state index is 0.519. The van der Waals surface area contributed by atoms with Gasteiger partial charge in [-0.05, 0) is 41.5 Å². The summed E-state index contributed by atoms with van der Waals surface area (Å²) in [6.07, 6.45) is 1.80. The lowest BCUT2D eigenvalue weighted by atomic mass is 10.0. The minimum Gasteiger partial charge on any atom is -0.497 e. The number of hydrogen-bond donors (Lipinski definition) is 0. The molecule has 4 nitrogen and oxygen atoms in total. The normalized spacial score (nSPS) is 10.7. The summed E-state index contributed by atoms with van der Waals surface area (Å²) in [6.45, 7) is 0. The molecular weight excluding hydrogens is 278 g/mol. The predicted molar refractivity (Wildman–Crippen MR) is 86.0 cm³/mol. The average Bonchev–Trinajstić information content (AvgIpc) is 2.59. The molecule has 0 fully saturated rings. The van der Waals surface area contributed by atoms with Gasteiger partial charge in [-0.3, -0.25) is 0 Å². The third-order valence-corrected chi connectivity index (χ3v) is 3.19. The summed E-state index contributed by atoms with van der Waals surface area (Å²) in [5, 5.41) is 9.46. The number of rotatable bonds is 5. The molecule has 0 spiro atoms. The van der Waals surface area contributed by atoms with E-state index in [1.165, 1.54) is 0 Å². The molecule has 0 saturated heterocycles. The van der Waals surface area contributed by atoms with Gasteiger partial charge < -0.3 is 14.2 Å². The molecule has 0 aliphatic heterocycles. The molecule has 0 aromatic heterocycles. The van der Waals surface area contributed by atoms with Crippen molar-refractivity contribution in [3.8, 4) is 23.3 Å². The molecule has 0 atom stereocenters. The molecule has 22 heavy (non-hydrogen) atoms. The molecule has 0 heterocycles. The Hall–Kier alpha value is -2.93. The Balaban J connectivity index is 2.47. The predicted octanol–water partition coefficient (Wildman–Crippen LogP) is 3.78. The van der Waals surface area contributed by atoms with Crippen molar-refractivity contribution in [2.24, 2.45) is 0 Å². The zero-order valence-electron chi connectivity index (χ0n) is 12.8. The average molecular weight is 295 g/mol. The van der Waals surface area contributed by atoms with Gasteiger partial charge in [0.2, 0.25) is 0 Å². The number of ether oxygens (including phenoxy) is 3. The lowest BCUT2D eigenvalue weighted by Crippen LogP contribution is -1.91. The highest BCUT2D eigenvalue weighted by Crippen LogP contribution is 2.28. The lowest BCUT2D eigenvalue weighted by molar-refractivity contribution is 0.394. The second kappa shape index (κ2) is 7.19. The molecule has 0 aliphatic rings. The second-order valence-electron chi connectivity index (χ2n) is 4.55. The van der Waals surface area contributed by atoms with Crippen LogP contribution in [0.5, 0.6) is 17.2 Å². The van der Waals surface area contributed by atoms with Gasteiger partial charge in [-0.25, -0.2) is 0 Å². The number of benzene rings is 2. The smallest absolute Gasteiger partial charge is 0.123 e. The molecule has 0 aliphatic carbocycles. The standard InChI is InChI=1S/C18H17NO3/c1-20-16-6-4-5-13(8-16)7-15(12-19)14-9-17(21-2)11-18(10-14)22-3/h4-11H,1-3H3. The van der Waals surface area contributed by atoms with Crippen LogP contribution in [0.15, 0.2) is 42.5 Å². The first kappa shape index (κ1) is 15.5. The maximum Gasteiger partial charge on any atom is 0.123 e. The Morgan fingerprint density at radius 3 is 2.09 bits per heavy atom. The van der Waals surface area contributed by atoms with Gasteiger partial charge in [-0.2, -0.15) is 5.26 Å². The van der Waals surface area contributed by atoms with E-state index in [2.05, 4.69) is 6.07 Å². The van der Waals surface area contributed by atoms with E-state index in [0.29, 0.717) is 17.1 Å². The molecule has 0 saturated carbocycles. The first-order chi connectivity index (χ1) is 10.7. The highest BCUT2D eigenvalue weighted by atomic mass is 16.5. The molecule has 112 valence electrons. The van der Waals surface area contributed by atoms with E-state index in [1.54, 1.807) is 45.6 Å². The maximum atomic E-state index is 9.46. The van der Waals surface area contributed by atoms with Crippen LogP contribution in [-0.2, 0) is 0 Å². The Kier molecular flexibility index (Phi) is 5.05. The zero-order valence-corrected chi connectivity index (χ0v) is 12.8. The van der Waals surface area contributed by atoms with Crippen molar-refractivity contribution >= 4 is 11.6 Å². The van der Waals surface area contributed by atoms with Crippen molar-refractivity contribution in [2.45, 2.75) is 0 Å². The molecule has 0 unspecified atom stereocenters. The molecule has 0 bridgehead atoms. The number of nitriles is 1. The van der Waals surface area contributed by atoms with Crippen LogP contribution in [0.3, 0.4) is 0 Å². The zero-order chi connectivity index (χ0) is 15.9. The van der Waals surface area contributed by atoms with E-state index in [0.717, 1.165) is 16.9 Å². The van der Waals surface area contributed by atoms with Gasteiger partial charge in [0.25, 0.3) is 0 Å². The second-order valence-corrected chi connectivity index (χ2v) is 4.55. The fourth-order valence-electron chi connectivity index (χ4n) is 2.04. The molecule has 0 amide bonds. The number of methoxy groups -OCH3 is 3. The molecule has 2 aromatic carbocycles. The summed E-state index contributed by atoms with van der Waals surface area (Å²) in [4.78, 5) is 0. The summed E-state index contributed by atoms with van der Waals surface area (Å²) < 4.78 is 15.7. The Labute approximate surface area is 130 Å². The van der Waals surface area contributed by atoms with Crippen molar-refractivity contribution in [2.75, 3.05) is 21.3 Å². The first-order valence-electron chi connectivity index (χ1n) is 6.69. The quantitative estimate of drug-likeness (QED) is 0.622. The van der Waals surface area contributed by atoms with Gasteiger partial charge in [-0.15, -0.1) is 0 Å². The maximum absolute atomic E-state index is 9.46. The monoisotopic (exact) mass is 295 g/mol. The van der Waals surface area contributed by atoms with Crippen LogP contribution in [0.1, 0.15) is 11.1 Å². The fourth-order valence-corrected chi connectivity index (χ4v) is 2.04. The van der Waals surface area contributed by atoms with Gasteiger partial charge >= 0.3 is 0 Å².